The topological polar surface area (TPSA) is 77.2 Å². The van der Waals surface area contributed by atoms with Crippen molar-refractivity contribution in [3.05, 3.63) is 54.0 Å². The largest absolute Gasteiger partial charge is 0.443 e. The Kier molecular flexibility index (Phi) is 4.82. The van der Waals surface area contributed by atoms with E-state index < -0.39 is 6.43 Å². The zero-order valence-electron chi connectivity index (χ0n) is 14.7. The number of nitrogens with two attached hydrogens (primary N) is 1. The van der Waals surface area contributed by atoms with Crippen molar-refractivity contribution in [2.75, 3.05) is 0 Å². The zero-order valence-corrected chi connectivity index (χ0v) is 15.5. The van der Waals surface area contributed by atoms with E-state index in [9.17, 15) is 13.9 Å². The summed E-state index contributed by atoms with van der Waals surface area (Å²) in [5.74, 6) is 0. The van der Waals surface area contributed by atoms with Crippen molar-refractivity contribution >= 4 is 39.2 Å². The molecule has 2 heterocycles. The van der Waals surface area contributed by atoms with Gasteiger partial charge in [-0.3, -0.25) is 0 Å². The number of aliphatic hydroxyl groups is 1. The Hall–Kier alpha value is -2.84. The predicted octanol–water partition coefficient (Wildman–Crippen LogP) is 4.23. The molecule has 144 valence electrons. The van der Waals surface area contributed by atoms with Gasteiger partial charge in [-0.15, -0.1) is 0 Å². The molecule has 5 nitrogen and oxygen atoms in total. The van der Waals surface area contributed by atoms with Crippen LogP contribution in [0.25, 0.3) is 33.1 Å². The van der Waals surface area contributed by atoms with Crippen LogP contribution in [-0.2, 0) is 13.2 Å². The summed E-state index contributed by atoms with van der Waals surface area (Å²) < 4.78 is 32.9. The van der Waals surface area contributed by atoms with E-state index in [2.05, 4.69) is 4.98 Å². The van der Waals surface area contributed by atoms with Crippen LogP contribution >= 0.6 is 12.2 Å². The van der Waals surface area contributed by atoms with Crippen LogP contribution < -0.4 is 5.73 Å². The first-order valence-electron chi connectivity index (χ1n) is 8.66. The Balaban J connectivity index is 1.97. The van der Waals surface area contributed by atoms with Gasteiger partial charge < -0.3 is 19.8 Å². The molecule has 0 aliphatic heterocycles. The summed E-state index contributed by atoms with van der Waals surface area (Å²) in [6.45, 7) is 0.0200. The number of oxazole rings is 1. The number of hydrogen-bond acceptors (Lipinski definition) is 4. The van der Waals surface area contributed by atoms with E-state index >= 15 is 0 Å². The van der Waals surface area contributed by atoms with E-state index in [1.54, 1.807) is 22.8 Å². The first kappa shape index (κ1) is 18.5. The summed E-state index contributed by atoms with van der Waals surface area (Å²) in [5.41, 5.74) is 10.6. The van der Waals surface area contributed by atoms with Crippen LogP contribution in [0.1, 0.15) is 17.5 Å². The molecular formula is C20H17F2N3O2S. The van der Waals surface area contributed by atoms with Crippen LogP contribution in [0.4, 0.5) is 8.78 Å². The zero-order chi connectivity index (χ0) is 19.8. The fourth-order valence-corrected chi connectivity index (χ4v) is 3.50. The summed E-state index contributed by atoms with van der Waals surface area (Å²) in [4.78, 5) is 4.43. The maximum atomic E-state index is 12.8. The van der Waals surface area contributed by atoms with Crippen molar-refractivity contribution in [3.8, 4) is 11.1 Å². The third-order valence-corrected chi connectivity index (χ3v) is 4.96. The van der Waals surface area contributed by atoms with E-state index in [4.69, 9.17) is 22.4 Å². The third kappa shape index (κ3) is 3.25. The molecule has 0 unspecified atom stereocenters. The molecule has 0 radical (unpaired) electrons. The molecule has 4 rings (SSSR count). The second-order valence-corrected chi connectivity index (χ2v) is 6.95. The first-order valence-corrected chi connectivity index (χ1v) is 9.07. The van der Waals surface area contributed by atoms with Crippen molar-refractivity contribution < 1.29 is 18.3 Å². The van der Waals surface area contributed by atoms with Crippen molar-refractivity contribution in [2.24, 2.45) is 5.73 Å². The smallest absolute Gasteiger partial charge is 0.240 e. The summed E-state index contributed by atoms with van der Waals surface area (Å²) >= 11 is 5.12. The van der Waals surface area contributed by atoms with Crippen molar-refractivity contribution in [1.29, 1.82) is 0 Å². The van der Waals surface area contributed by atoms with Crippen LogP contribution in [0.3, 0.4) is 0 Å². The minimum Gasteiger partial charge on any atom is -0.443 e. The van der Waals surface area contributed by atoms with Gasteiger partial charge in [-0.2, -0.15) is 0 Å². The monoisotopic (exact) mass is 401 g/mol. The number of hydrogen-bond donors (Lipinski definition) is 2. The van der Waals surface area contributed by atoms with E-state index in [0.29, 0.717) is 22.2 Å². The van der Waals surface area contributed by atoms with Gasteiger partial charge in [-0.05, 0) is 23.8 Å². The molecule has 0 aliphatic rings. The standard InChI is InChI=1S/C20H17F2N3O2S/c21-18(22)3-4-25-8-15(13-2-1-11(9-26)5-17(13)25)14-6-12(20(23)28)7-16-19(14)27-10-24-16/h1-2,5-8,10,18,26H,3-4,9H2,(H2,23,28). The summed E-state index contributed by atoms with van der Waals surface area (Å²) in [6.07, 6.45) is 0.490. The highest BCUT2D eigenvalue weighted by Gasteiger charge is 2.18. The molecule has 0 fully saturated rings. The Labute approximate surface area is 164 Å². The van der Waals surface area contributed by atoms with Gasteiger partial charge in [0.2, 0.25) is 6.43 Å². The first-order chi connectivity index (χ1) is 13.5. The quantitative estimate of drug-likeness (QED) is 0.473. The lowest BCUT2D eigenvalue weighted by atomic mass is 10.0. The number of aryl methyl sites for hydroxylation is 1. The Morgan fingerprint density at radius 3 is 2.79 bits per heavy atom. The average molecular weight is 401 g/mol. The SMILES string of the molecule is NC(=S)c1cc(-c2cn(CCC(F)F)c3cc(CO)ccc23)c2ocnc2c1. The summed E-state index contributed by atoms with van der Waals surface area (Å²) in [6, 6.07) is 9.05. The Morgan fingerprint density at radius 1 is 1.25 bits per heavy atom. The molecule has 3 N–H and O–H groups in total. The van der Waals surface area contributed by atoms with Crippen molar-refractivity contribution in [2.45, 2.75) is 26.0 Å². The van der Waals surface area contributed by atoms with Crippen molar-refractivity contribution in [3.63, 3.8) is 0 Å². The fourth-order valence-electron chi connectivity index (χ4n) is 3.38. The van der Waals surface area contributed by atoms with Crippen LogP contribution in [0.2, 0.25) is 0 Å². The second-order valence-electron chi connectivity index (χ2n) is 6.51. The molecule has 0 bridgehead atoms. The number of alkyl halides is 2. The molecular weight excluding hydrogens is 384 g/mol. The van der Waals surface area contributed by atoms with Gasteiger partial charge in [0, 0.05) is 46.8 Å². The maximum absolute atomic E-state index is 12.8. The van der Waals surface area contributed by atoms with E-state index in [0.717, 1.165) is 22.0 Å². The molecule has 0 saturated carbocycles. The van der Waals surface area contributed by atoms with Gasteiger partial charge in [0.05, 0.1) is 6.61 Å². The molecule has 0 atom stereocenters. The van der Waals surface area contributed by atoms with E-state index in [1.165, 1.54) is 6.39 Å². The molecule has 0 saturated heterocycles. The average Bonchev–Trinajstić information content (AvgIpc) is 3.29. The number of rotatable bonds is 6. The van der Waals surface area contributed by atoms with Gasteiger partial charge in [0.15, 0.2) is 12.0 Å². The molecule has 2 aromatic heterocycles. The third-order valence-electron chi connectivity index (χ3n) is 4.72. The lowest BCUT2D eigenvalue weighted by molar-refractivity contribution is 0.132. The van der Waals surface area contributed by atoms with Gasteiger partial charge in [0.25, 0.3) is 0 Å². The number of fused-ring (bicyclic) bond motifs is 2. The number of halogens is 2. The lowest BCUT2D eigenvalue weighted by Crippen LogP contribution is -2.09. The lowest BCUT2D eigenvalue weighted by Gasteiger charge is -2.05. The molecule has 0 spiro atoms. The molecule has 0 aliphatic carbocycles. The molecule has 8 heteroatoms. The molecule has 0 amide bonds. The second kappa shape index (κ2) is 7.29. The van der Waals surface area contributed by atoms with E-state index in [1.807, 2.05) is 18.3 Å². The number of thiocarbonyl (C=S) groups is 1. The molecule has 2 aromatic carbocycles. The van der Waals surface area contributed by atoms with Gasteiger partial charge in [-0.25, -0.2) is 13.8 Å². The Morgan fingerprint density at radius 2 is 2.07 bits per heavy atom. The highest BCUT2D eigenvalue weighted by atomic mass is 32.1. The number of benzene rings is 2. The predicted molar refractivity (Wildman–Crippen MR) is 107 cm³/mol. The fraction of sp³-hybridized carbons (Fsp3) is 0.200. The van der Waals surface area contributed by atoms with Gasteiger partial charge in [-0.1, -0.05) is 24.4 Å². The normalized spacial score (nSPS) is 11.7. The number of aromatic nitrogens is 2. The van der Waals surface area contributed by atoms with Crippen LogP contribution in [0.5, 0.6) is 0 Å². The minimum atomic E-state index is -2.40. The number of nitrogens with zero attached hydrogens (tertiary/aromatic N) is 2. The van der Waals surface area contributed by atoms with Crippen LogP contribution in [-0.4, -0.2) is 26.1 Å². The maximum Gasteiger partial charge on any atom is 0.240 e. The number of aliphatic hydroxyl groups excluding tert-OH is 1. The van der Waals surface area contributed by atoms with E-state index in [-0.39, 0.29) is 24.6 Å². The van der Waals surface area contributed by atoms with Crippen molar-refractivity contribution in [1.82, 2.24) is 9.55 Å². The van der Waals surface area contributed by atoms with Crippen LogP contribution in [0, 0.1) is 0 Å². The van der Waals surface area contributed by atoms with Crippen LogP contribution in [0.15, 0.2) is 47.3 Å². The highest BCUT2D eigenvalue weighted by molar-refractivity contribution is 7.80. The van der Waals surface area contributed by atoms with Gasteiger partial charge in [0.1, 0.15) is 10.5 Å². The summed E-state index contributed by atoms with van der Waals surface area (Å²) in [5, 5.41) is 10.3. The molecule has 28 heavy (non-hydrogen) atoms. The van der Waals surface area contributed by atoms with Gasteiger partial charge >= 0.3 is 0 Å². The molecule has 4 aromatic rings. The minimum absolute atomic E-state index is 0.130. The Bertz CT molecular complexity index is 1180. The summed E-state index contributed by atoms with van der Waals surface area (Å²) in [7, 11) is 0. The highest BCUT2D eigenvalue weighted by Crippen LogP contribution is 2.36.